The second kappa shape index (κ2) is 7.07. The van der Waals surface area contributed by atoms with Crippen molar-refractivity contribution >= 4 is 11.6 Å². The molecule has 140 valence electrons. The average Bonchev–Trinajstić information content (AvgIpc) is 3.34. The molecular formula is C20H18N6O2. The minimum Gasteiger partial charge on any atom is -0.334 e. The molecule has 0 unspecified atom stereocenters. The van der Waals surface area contributed by atoms with Gasteiger partial charge < -0.3 is 9.84 Å². The van der Waals surface area contributed by atoms with Gasteiger partial charge in [0, 0.05) is 18.1 Å². The Morgan fingerprint density at radius 2 is 1.93 bits per heavy atom. The zero-order chi connectivity index (χ0) is 19.7. The van der Waals surface area contributed by atoms with E-state index in [1.54, 1.807) is 36.3 Å². The molecule has 1 amide bonds. The number of imidazole rings is 1. The number of aryl methyl sites for hydroxylation is 3. The van der Waals surface area contributed by atoms with E-state index < -0.39 is 0 Å². The van der Waals surface area contributed by atoms with Crippen LogP contribution in [0.15, 0.2) is 53.6 Å². The van der Waals surface area contributed by atoms with E-state index in [9.17, 15) is 4.79 Å². The molecule has 8 nitrogen and oxygen atoms in total. The third kappa shape index (κ3) is 3.52. The Labute approximate surface area is 161 Å². The van der Waals surface area contributed by atoms with Gasteiger partial charge in [0.1, 0.15) is 17.8 Å². The van der Waals surface area contributed by atoms with Gasteiger partial charge in [-0.15, -0.1) is 0 Å². The molecule has 0 atom stereocenters. The lowest BCUT2D eigenvalue weighted by molar-refractivity contribution is 0.102. The van der Waals surface area contributed by atoms with E-state index in [0.29, 0.717) is 23.2 Å². The topological polar surface area (TPSA) is 98.7 Å². The first kappa shape index (κ1) is 17.6. The number of hydrogen-bond donors (Lipinski definition) is 1. The number of amides is 1. The summed E-state index contributed by atoms with van der Waals surface area (Å²) in [6.07, 6.45) is 4.82. The molecule has 0 radical (unpaired) electrons. The van der Waals surface area contributed by atoms with Gasteiger partial charge in [-0.25, -0.2) is 9.97 Å². The summed E-state index contributed by atoms with van der Waals surface area (Å²) >= 11 is 0. The van der Waals surface area contributed by atoms with E-state index >= 15 is 0 Å². The van der Waals surface area contributed by atoms with Crippen LogP contribution in [0.3, 0.4) is 0 Å². The van der Waals surface area contributed by atoms with Gasteiger partial charge in [-0.3, -0.25) is 9.36 Å². The highest BCUT2D eigenvalue weighted by atomic mass is 16.5. The first-order valence-corrected chi connectivity index (χ1v) is 8.69. The van der Waals surface area contributed by atoms with Crippen molar-refractivity contribution in [3.63, 3.8) is 0 Å². The first-order valence-electron chi connectivity index (χ1n) is 8.69. The van der Waals surface area contributed by atoms with Gasteiger partial charge >= 0.3 is 0 Å². The Kier molecular flexibility index (Phi) is 4.44. The number of aromatic nitrogens is 5. The zero-order valence-corrected chi connectivity index (χ0v) is 15.7. The quantitative estimate of drug-likeness (QED) is 0.587. The number of nitrogens with one attached hydrogen (secondary N) is 1. The molecule has 1 aromatic carbocycles. The van der Waals surface area contributed by atoms with Crippen LogP contribution in [-0.2, 0) is 0 Å². The maximum Gasteiger partial charge on any atom is 0.275 e. The molecule has 4 aromatic rings. The number of carbonyl (C=O) groups excluding carboxylic acids is 1. The number of carbonyl (C=O) groups is 1. The second-order valence-electron chi connectivity index (χ2n) is 6.47. The van der Waals surface area contributed by atoms with Crippen molar-refractivity contribution < 1.29 is 9.32 Å². The summed E-state index contributed by atoms with van der Waals surface area (Å²) in [6.45, 7) is 5.79. The van der Waals surface area contributed by atoms with Crippen LogP contribution < -0.4 is 5.32 Å². The van der Waals surface area contributed by atoms with Crippen molar-refractivity contribution in [3.8, 4) is 17.3 Å². The minimum atomic E-state index is -0.278. The molecule has 4 rings (SSSR count). The van der Waals surface area contributed by atoms with Crippen LogP contribution in [0, 0.1) is 20.8 Å². The molecule has 0 fully saturated rings. The van der Waals surface area contributed by atoms with Crippen LogP contribution in [0.1, 0.15) is 27.4 Å². The van der Waals surface area contributed by atoms with Crippen LogP contribution in [0.25, 0.3) is 17.3 Å². The fourth-order valence-electron chi connectivity index (χ4n) is 2.66. The monoisotopic (exact) mass is 374 g/mol. The van der Waals surface area contributed by atoms with Crippen LogP contribution in [-0.4, -0.2) is 30.6 Å². The predicted octanol–water partition coefficient (Wildman–Crippen LogP) is 3.49. The van der Waals surface area contributed by atoms with Crippen molar-refractivity contribution in [2.45, 2.75) is 20.8 Å². The standard InChI is InChI=1S/C20H18N6O2/c1-12-4-6-16(8-13(12)2)24-19(27)17-10-26(11-22-17)18-7-5-15(9-21-18)20-23-14(3)25-28-20/h4-11H,1-3H3,(H,24,27). The molecule has 0 bridgehead atoms. The molecule has 3 heterocycles. The van der Waals surface area contributed by atoms with Crippen LogP contribution in [0.2, 0.25) is 0 Å². The van der Waals surface area contributed by atoms with E-state index in [1.165, 1.54) is 5.56 Å². The highest BCUT2D eigenvalue weighted by Crippen LogP contribution is 2.18. The van der Waals surface area contributed by atoms with E-state index in [1.807, 2.05) is 38.1 Å². The SMILES string of the molecule is Cc1noc(-c2ccc(-n3cnc(C(=O)Nc4ccc(C)c(C)c4)c3)nc2)n1. The highest BCUT2D eigenvalue weighted by molar-refractivity contribution is 6.02. The smallest absolute Gasteiger partial charge is 0.275 e. The largest absolute Gasteiger partial charge is 0.334 e. The van der Waals surface area contributed by atoms with Gasteiger partial charge in [0.15, 0.2) is 5.82 Å². The number of anilines is 1. The molecule has 0 aliphatic carbocycles. The van der Waals surface area contributed by atoms with Crippen molar-refractivity contribution in [1.82, 2.24) is 24.7 Å². The Morgan fingerprint density at radius 3 is 2.61 bits per heavy atom. The molecule has 0 saturated heterocycles. The zero-order valence-electron chi connectivity index (χ0n) is 15.7. The fourth-order valence-corrected chi connectivity index (χ4v) is 2.66. The van der Waals surface area contributed by atoms with Crippen molar-refractivity contribution in [3.05, 3.63) is 71.7 Å². The van der Waals surface area contributed by atoms with E-state index in [4.69, 9.17) is 4.52 Å². The molecule has 1 N–H and O–H groups in total. The Morgan fingerprint density at radius 1 is 1.07 bits per heavy atom. The van der Waals surface area contributed by atoms with Crippen LogP contribution >= 0.6 is 0 Å². The van der Waals surface area contributed by atoms with Crippen molar-refractivity contribution in [1.29, 1.82) is 0 Å². The molecule has 8 heteroatoms. The summed E-state index contributed by atoms with van der Waals surface area (Å²) < 4.78 is 6.81. The maximum absolute atomic E-state index is 12.5. The number of pyridine rings is 1. The molecular weight excluding hydrogens is 356 g/mol. The van der Waals surface area contributed by atoms with E-state index in [2.05, 4.69) is 25.4 Å². The van der Waals surface area contributed by atoms with Gasteiger partial charge in [-0.2, -0.15) is 4.98 Å². The molecule has 0 aliphatic rings. The highest BCUT2D eigenvalue weighted by Gasteiger charge is 2.12. The molecule has 28 heavy (non-hydrogen) atoms. The summed E-state index contributed by atoms with van der Waals surface area (Å²) in [5.74, 6) is 1.32. The van der Waals surface area contributed by atoms with E-state index in [0.717, 1.165) is 16.8 Å². The summed E-state index contributed by atoms with van der Waals surface area (Å²) in [5, 5.41) is 6.63. The van der Waals surface area contributed by atoms with Crippen molar-refractivity contribution in [2.24, 2.45) is 0 Å². The lowest BCUT2D eigenvalue weighted by Gasteiger charge is -2.06. The average molecular weight is 374 g/mol. The van der Waals surface area contributed by atoms with E-state index in [-0.39, 0.29) is 5.91 Å². The summed E-state index contributed by atoms with van der Waals surface area (Å²) in [6, 6.07) is 9.39. The van der Waals surface area contributed by atoms with Gasteiger partial charge in [0.2, 0.25) is 0 Å². The van der Waals surface area contributed by atoms with Gasteiger partial charge in [0.05, 0.1) is 5.56 Å². The Hall–Kier alpha value is -3.81. The normalized spacial score (nSPS) is 10.8. The van der Waals surface area contributed by atoms with Gasteiger partial charge in [-0.05, 0) is 56.2 Å². The summed E-state index contributed by atoms with van der Waals surface area (Å²) in [4.78, 5) is 25.2. The maximum atomic E-state index is 12.5. The van der Waals surface area contributed by atoms with Crippen molar-refractivity contribution in [2.75, 3.05) is 5.32 Å². The van der Waals surface area contributed by atoms with Gasteiger partial charge in [-0.1, -0.05) is 11.2 Å². The lowest BCUT2D eigenvalue weighted by atomic mass is 10.1. The fraction of sp³-hybridized carbons (Fsp3) is 0.150. The second-order valence-corrected chi connectivity index (χ2v) is 6.47. The van der Waals surface area contributed by atoms with Crippen LogP contribution in [0.4, 0.5) is 5.69 Å². The number of rotatable bonds is 4. The molecule has 0 saturated carbocycles. The molecule has 0 aliphatic heterocycles. The molecule has 0 spiro atoms. The predicted molar refractivity (Wildman–Crippen MR) is 103 cm³/mol. The lowest BCUT2D eigenvalue weighted by Crippen LogP contribution is -2.12. The Bertz CT molecular complexity index is 1140. The number of benzene rings is 1. The summed E-state index contributed by atoms with van der Waals surface area (Å²) in [7, 11) is 0. The third-order valence-electron chi connectivity index (χ3n) is 4.37. The Balaban J connectivity index is 1.50. The first-order chi connectivity index (χ1) is 13.5. The van der Waals surface area contributed by atoms with Crippen LogP contribution in [0.5, 0.6) is 0 Å². The number of nitrogens with zero attached hydrogens (tertiary/aromatic N) is 5. The van der Waals surface area contributed by atoms with Gasteiger partial charge in [0.25, 0.3) is 11.8 Å². The minimum absolute atomic E-state index is 0.278. The third-order valence-corrected chi connectivity index (χ3v) is 4.37. The molecule has 3 aromatic heterocycles. The number of hydrogen-bond acceptors (Lipinski definition) is 6. The summed E-state index contributed by atoms with van der Waals surface area (Å²) in [5.41, 5.74) is 4.05.